The molecule has 0 saturated heterocycles. The summed E-state index contributed by atoms with van der Waals surface area (Å²) in [5.74, 6) is 0.525. The molecule has 2 heterocycles. The number of fused-ring (bicyclic) bond motifs is 1. The van der Waals surface area contributed by atoms with Crippen molar-refractivity contribution in [2.24, 2.45) is 5.41 Å². The lowest BCUT2D eigenvalue weighted by Crippen LogP contribution is -2.40. The van der Waals surface area contributed by atoms with E-state index >= 15 is 0 Å². The van der Waals surface area contributed by atoms with Gasteiger partial charge in [0.1, 0.15) is 0 Å². The van der Waals surface area contributed by atoms with Crippen molar-refractivity contribution in [3.8, 4) is 0 Å². The Hall–Kier alpha value is -2.63. The van der Waals surface area contributed by atoms with Gasteiger partial charge in [-0.1, -0.05) is 56.5 Å². The molecule has 2 amide bonds. The van der Waals surface area contributed by atoms with Crippen LogP contribution in [0.15, 0.2) is 36.5 Å². The first-order valence-electron chi connectivity index (χ1n) is 10.2. The van der Waals surface area contributed by atoms with E-state index in [1.165, 1.54) is 6.42 Å². The number of carbonyl (C=O) groups is 2. The summed E-state index contributed by atoms with van der Waals surface area (Å²) < 4.78 is 1.91. The van der Waals surface area contributed by atoms with Crippen LogP contribution in [0, 0.1) is 5.41 Å². The number of hydrogen-bond acceptors (Lipinski definition) is 3. The molecule has 1 N–H and O–H groups in total. The number of amides is 2. The van der Waals surface area contributed by atoms with Crippen LogP contribution < -0.4 is 5.32 Å². The maximum Gasteiger partial charge on any atom is 0.290 e. The lowest BCUT2D eigenvalue weighted by molar-refractivity contribution is -0.132. The highest BCUT2D eigenvalue weighted by molar-refractivity contribution is 5.91. The lowest BCUT2D eigenvalue weighted by Gasteiger charge is -2.31. The summed E-state index contributed by atoms with van der Waals surface area (Å²) in [5, 5.41) is 3.04. The molecule has 1 aliphatic heterocycles. The van der Waals surface area contributed by atoms with Crippen LogP contribution in [0.5, 0.6) is 0 Å². The third kappa shape index (κ3) is 3.81. The fourth-order valence-corrected chi connectivity index (χ4v) is 4.27. The maximum atomic E-state index is 12.8. The molecule has 0 radical (unpaired) electrons. The van der Waals surface area contributed by atoms with Crippen molar-refractivity contribution < 1.29 is 9.59 Å². The van der Waals surface area contributed by atoms with Crippen molar-refractivity contribution in [3.05, 3.63) is 53.6 Å². The molecule has 1 aromatic carbocycles. The number of hydrogen-bond donors (Lipinski definition) is 1. The second-order valence-electron chi connectivity index (χ2n) is 8.27. The number of benzene rings is 1. The minimum Gasteiger partial charge on any atom is -0.350 e. The average molecular weight is 380 g/mol. The van der Waals surface area contributed by atoms with Crippen molar-refractivity contribution in [2.45, 2.75) is 58.7 Å². The van der Waals surface area contributed by atoms with Gasteiger partial charge in [0.25, 0.3) is 5.91 Å². The van der Waals surface area contributed by atoms with E-state index in [0.29, 0.717) is 25.5 Å². The van der Waals surface area contributed by atoms with Crippen LogP contribution >= 0.6 is 0 Å². The van der Waals surface area contributed by atoms with E-state index in [0.717, 1.165) is 43.5 Å². The Bertz CT molecular complexity index is 853. The zero-order chi connectivity index (χ0) is 19.6. The number of aromatic nitrogens is 2. The fraction of sp³-hybridized carbons (Fsp3) is 0.500. The Morgan fingerprint density at radius 2 is 1.89 bits per heavy atom. The van der Waals surface area contributed by atoms with Crippen molar-refractivity contribution in [1.82, 2.24) is 19.8 Å². The topological polar surface area (TPSA) is 67.2 Å². The van der Waals surface area contributed by atoms with Gasteiger partial charge in [0.2, 0.25) is 5.91 Å². The Morgan fingerprint density at radius 3 is 2.64 bits per heavy atom. The molecular formula is C22H28N4O2. The van der Waals surface area contributed by atoms with Gasteiger partial charge in [-0.05, 0) is 18.4 Å². The first kappa shape index (κ1) is 18.7. The van der Waals surface area contributed by atoms with E-state index in [1.54, 1.807) is 0 Å². The van der Waals surface area contributed by atoms with Gasteiger partial charge in [0.15, 0.2) is 5.82 Å². The van der Waals surface area contributed by atoms with Crippen LogP contribution in [-0.2, 0) is 24.4 Å². The molecule has 148 valence electrons. The van der Waals surface area contributed by atoms with E-state index in [-0.39, 0.29) is 17.2 Å². The molecule has 1 aromatic heterocycles. The molecule has 1 aliphatic carbocycles. The standard InChI is InChI=1S/C22H28N4O2/c1-22(10-6-3-7-11-22)21(28)23-14-18-16-25-12-13-26(20(27)19(25)24-18)15-17-8-4-2-5-9-17/h2,4-5,8-9,16H,3,6-7,10-15H2,1H3,(H,23,28). The van der Waals surface area contributed by atoms with Gasteiger partial charge >= 0.3 is 0 Å². The molecule has 1 fully saturated rings. The molecule has 1 saturated carbocycles. The van der Waals surface area contributed by atoms with Crippen molar-refractivity contribution in [3.63, 3.8) is 0 Å². The number of nitrogens with one attached hydrogen (secondary N) is 1. The van der Waals surface area contributed by atoms with Crippen LogP contribution in [0.1, 0.15) is 60.9 Å². The molecule has 0 atom stereocenters. The quantitative estimate of drug-likeness (QED) is 0.867. The molecule has 0 bridgehead atoms. The lowest BCUT2D eigenvalue weighted by atomic mass is 9.75. The first-order valence-corrected chi connectivity index (χ1v) is 10.2. The van der Waals surface area contributed by atoms with Gasteiger partial charge in [-0.25, -0.2) is 4.98 Å². The second-order valence-corrected chi connectivity index (χ2v) is 8.27. The SMILES string of the molecule is CC1(C(=O)NCc2cn3c(n2)C(=O)N(Cc2ccccc2)CC3)CCCCC1. The van der Waals surface area contributed by atoms with E-state index in [2.05, 4.69) is 17.2 Å². The van der Waals surface area contributed by atoms with E-state index in [1.807, 2.05) is 46.0 Å². The third-order valence-electron chi connectivity index (χ3n) is 6.07. The summed E-state index contributed by atoms with van der Waals surface area (Å²) in [6, 6.07) is 10.0. The molecular weight excluding hydrogens is 352 g/mol. The maximum absolute atomic E-state index is 12.8. The summed E-state index contributed by atoms with van der Waals surface area (Å²) in [7, 11) is 0. The minimum absolute atomic E-state index is 0.0491. The Kier molecular flexibility index (Phi) is 5.20. The molecule has 0 spiro atoms. The zero-order valence-corrected chi connectivity index (χ0v) is 16.5. The van der Waals surface area contributed by atoms with E-state index in [4.69, 9.17) is 0 Å². The number of rotatable bonds is 5. The van der Waals surface area contributed by atoms with Gasteiger partial charge in [-0.2, -0.15) is 0 Å². The van der Waals surface area contributed by atoms with E-state index in [9.17, 15) is 9.59 Å². The highest BCUT2D eigenvalue weighted by Crippen LogP contribution is 2.35. The van der Waals surface area contributed by atoms with Gasteiger partial charge in [0.05, 0.1) is 12.2 Å². The third-order valence-corrected chi connectivity index (χ3v) is 6.07. The second kappa shape index (κ2) is 7.78. The average Bonchev–Trinajstić information content (AvgIpc) is 3.14. The summed E-state index contributed by atoms with van der Waals surface area (Å²) in [5.41, 5.74) is 1.60. The van der Waals surface area contributed by atoms with Gasteiger partial charge in [-0.15, -0.1) is 0 Å². The van der Waals surface area contributed by atoms with Crippen molar-refractivity contribution >= 4 is 11.8 Å². The molecule has 2 aliphatic rings. The number of nitrogens with zero attached hydrogens (tertiary/aromatic N) is 3. The van der Waals surface area contributed by atoms with Gasteiger partial charge in [-0.3, -0.25) is 9.59 Å². The molecule has 6 heteroatoms. The summed E-state index contributed by atoms with van der Waals surface area (Å²) in [4.78, 5) is 31.8. The molecule has 0 unspecified atom stereocenters. The Labute approximate surface area is 165 Å². The molecule has 2 aromatic rings. The predicted molar refractivity (Wildman–Crippen MR) is 106 cm³/mol. The monoisotopic (exact) mass is 380 g/mol. The molecule has 6 nitrogen and oxygen atoms in total. The van der Waals surface area contributed by atoms with Gasteiger partial charge in [0, 0.05) is 31.2 Å². The van der Waals surface area contributed by atoms with Crippen molar-refractivity contribution in [1.29, 1.82) is 0 Å². The highest BCUT2D eigenvalue weighted by Gasteiger charge is 2.34. The highest BCUT2D eigenvalue weighted by atomic mass is 16.2. The number of imidazole rings is 1. The Morgan fingerprint density at radius 1 is 1.14 bits per heavy atom. The number of carbonyl (C=O) groups excluding carboxylic acids is 2. The smallest absolute Gasteiger partial charge is 0.290 e. The summed E-state index contributed by atoms with van der Waals surface area (Å²) in [6.45, 7) is 4.43. The summed E-state index contributed by atoms with van der Waals surface area (Å²) in [6.07, 6.45) is 7.26. The van der Waals surface area contributed by atoms with Crippen LogP contribution in [0.25, 0.3) is 0 Å². The summed E-state index contributed by atoms with van der Waals surface area (Å²) >= 11 is 0. The molecule has 4 rings (SSSR count). The molecule has 28 heavy (non-hydrogen) atoms. The van der Waals surface area contributed by atoms with Gasteiger partial charge < -0.3 is 14.8 Å². The Balaban J connectivity index is 1.39. The first-order chi connectivity index (χ1) is 13.5. The van der Waals surface area contributed by atoms with Crippen molar-refractivity contribution in [2.75, 3.05) is 6.54 Å². The fourth-order valence-electron chi connectivity index (χ4n) is 4.27. The largest absolute Gasteiger partial charge is 0.350 e. The zero-order valence-electron chi connectivity index (χ0n) is 16.5. The van der Waals surface area contributed by atoms with Crippen LogP contribution in [0.2, 0.25) is 0 Å². The van der Waals surface area contributed by atoms with Crippen LogP contribution in [0.4, 0.5) is 0 Å². The van der Waals surface area contributed by atoms with Crippen LogP contribution in [-0.4, -0.2) is 32.8 Å². The van der Waals surface area contributed by atoms with Crippen LogP contribution in [0.3, 0.4) is 0 Å². The van der Waals surface area contributed by atoms with E-state index < -0.39 is 0 Å². The normalized spacial score (nSPS) is 18.6. The minimum atomic E-state index is -0.264. The predicted octanol–water partition coefficient (Wildman–Crippen LogP) is 3.13.